The van der Waals surface area contributed by atoms with E-state index in [1.807, 2.05) is 33.3 Å². The first-order valence-corrected chi connectivity index (χ1v) is 34.0. The Morgan fingerprint density at radius 3 is 1.34 bits per heavy atom. The molecule has 0 fully saturated rings. The summed E-state index contributed by atoms with van der Waals surface area (Å²) in [7, 11) is 1.17. The van der Waals surface area contributed by atoms with Crippen LogP contribution in [0.15, 0.2) is 97.2 Å². The van der Waals surface area contributed by atoms with E-state index in [2.05, 4.69) is 111 Å². The highest BCUT2D eigenvalue weighted by atomic mass is 31.2. The maximum absolute atomic E-state index is 13.5. The predicted octanol–water partition coefficient (Wildman–Crippen LogP) is 19.7. The molecular formula is C69H123N2O7P. The molecule has 0 aliphatic rings. The van der Waals surface area contributed by atoms with E-state index in [1.165, 1.54) is 141 Å². The normalized spacial score (nSPS) is 14.3. The zero-order valence-electron chi connectivity index (χ0n) is 52.1. The molecule has 0 bridgehead atoms. The van der Waals surface area contributed by atoms with Gasteiger partial charge in [-0.2, -0.15) is 0 Å². The van der Waals surface area contributed by atoms with Crippen LogP contribution in [0, 0.1) is 0 Å². The van der Waals surface area contributed by atoms with Crippen molar-refractivity contribution < 1.29 is 37.3 Å². The minimum Gasteiger partial charge on any atom is -0.756 e. The Hall–Kier alpha value is -3.07. The summed E-state index contributed by atoms with van der Waals surface area (Å²) in [6.45, 7) is 6.67. The fourth-order valence-electron chi connectivity index (χ4n) is 9.04. The van der Waals surface area contributed by atoms with E-state index in [9.17, 15) is 19.0 Å². The maximum atomic E-state index is 13.5. The first-order valence-electron chi connectivity index (χ1n) is 32.6. The fraction of sp³-hybridized carbons (Fsp3) is 0.739. The first kappa shape index (κ1) is 75.9. The fourth-order valence-corrected chi connectivity index (χ4v) is 9.76. The van der Waals surface area contributed by atoms with Crippen LogP contribution in [0.1, 0.15) is 278 Å². The second kappa shape index (κ2) is 58.1. The molecule has 0 aliphatic carbocycles. The molecule has 79 heavy (non-hydrogen) atoms. The highest BCUT2D eigenvalue weighted by Crippen LogP contribution is 2.38. The summed E-state index contributed by atoms with van der Waals surface area (Å²) in [5.41, 5.74) is 0. The molecule has 0 saturated carbocycles. The van der Waals surface area contributed by atoms with Crippen molar-refractivity contribution in [3.05, 3.63) is 97.2 Å². The smallest absolute Gasteiger partial charge is 0.306 e. The van der Waals surface area contributed by atoms with Gasteiger partial charge in [-0.15, -0.1) is 0 Å². The van der Waals surface area contributed by atoms with Crippen molar-refractivity contribution in [3.8, 4) is 0 Å². The van der Waals surface area contributed by atoms with Crippen molar-refractivity contribution in [2.45, 2.75) is 290 Å². The summed E-state index contributed by atoms with van der Waals surface area (Å²) in [5, 5.41) is 3.02. The Balaban J connectivity index is 5.07. The first-order chi connectivity index (χ1) is 38.4. The molecule has 0 saturated heterocycles. The number of nitrogens with one attached hydrogen (secondary N) is 1. The molecule has 1 N–H and O–H groups in total. The third-order valence-electron chi connectivity index (χ3n) is 14.1. The number of rotatable bonds is 58. The molecule has 0 heterocycles. The van der Waals surface area contributed by atoms with Crippen molar-refractivity contribution in [1.82, 2.24) is 5.32 Å². The molecule has 456 valence electrons. The van der Waals surface area contributed by atoms with Crippen LogP contribution in [-0.4, -0.2) is 69.4 Å². The zero-order chi connectivity index (χ0) is 57.9. The minimum absolute atomic E-state index is 0.0293. The molecule has 0 rings (SSSR count). The highest BCUT2D eigenvalue weighted by molar-refractivity contribution is 7.45. The predicted molar refractivity (Wildman–Crippen MR) is 339 cm³/mol. The molecule has 3 unspecified atom stereocenters. The average molecular weight is 1120 g/mol. The number of carbonyl (C=O) groups excluding carboxylic acids is 2. The Bertz CT molecular complexity index is 1670. The van der Waals surface area contributed by atoms with E-state index in [-0.39, 0.29) is 24.9 Å². The van der Waals surface area contributed by atoms with Gasteiger partial charge in [0.1, 0.15) is 19.3 Å². The maximum Gasteiger partial charge on any atom is 0.306 e. The van der Waals surface area contributed by atoms with Gasteiger partial charge in [0, 0.05) is 12.8 Å². The van der Waals surface area contributed by atoms with Crippen LogP contribution in [0.5, 0.6) is 0 Å². The van der Waals surface area contributed by atoms with Gasteiger partial charge in [0.05, 0.1) is 33.8 Å². The van der Waals surface area contributed by atoms with Gasteiger partial charge < -0.3 is 28.5 Å². The van der Waals surface area contributed by atoms with E-state index < -0.39 is 26.6 Å². The van der Waals surface area contributed by atoms with Gasteiger partial charge in [0.15, 0.2) is 0 Å². The number of hydrogen-bond donors (Lipinski definition) is 1. The lowest BCUT2D eigenvalue weighted by atomic mass is 10.0. The summed E-state index contributed by atoms with van der Waals surface area (Å²) in [4.78, 5) is 40.0. The van der Waals surface area contributed by atoms with Gasteiger partial charge in [0.25, 0.3) is 7.82 Å². The molecule has 0 spiro atoms. The van der Waals surface area contributed by atoms with E-state index >= 15 is 0 Å². The highest BCUT2D eigenvalue weighted by Gasteiger charge is 2.27. The molecule has 0 aliphatic heterocycles. The lowest BCUT2D eigenvalue weighted by Crippen LogP contribution is -2.47. The van der Waals surface area contributed by atoms with Crippen LogP contribution >= 0.6 is 7.82 Å². The number of nitrogens with zero attached hydrogens (tertiary/aromatic N) is 1. The number of unbranched alkanes of at least 4 members (excludes halogenated alkanes) is 30. The van der Waals surface area contributed by atoms with Gasteiger partial charge in [-0.1, -0.05) is 266 Å². The quantitative estimate of drug-likeness (QED) is 0.0161. The van der Waals surface area contributed by atoms with Crippen molar-refractivity contribution in [1.29, 1.82) is 0 Å². The summed E-state index contributed by atoms with van der Waals surface area (Å²) in [5.74, 6) is -0.560. The summed E-state index contributed by atoms with van der Waals surface area (Å²) < 4.78 is 30.3. The molecular weight excluding hydrogens is 1000 g/mol. The standard InChI is InChI=1S/C69H123N2O7P/c1-7-10-13-16-19-22-25-27-29-30-31-32-33-34-35-36-37-38-39-40-42-44-47-50-53-56-59-62-69(73)78-67(60-57-54-51-48-45-24-21-18-15-12-9-3)66(65-77-79(74,75)76-64-63-71(4,5)6)70-68(72)61-58-55-52-49-46-43-41-28-26-23-20-17-14-11-8-2/h11,14,17,19-20,22-23,26-27,29,31-32,34-35,57,60,66-67H,7-10,12-13,15-16,18,21,24-25,28,30,33,36-56,58-59,61-65H2,1-6H3,(H-,70,72,74,75)/b14-11+,20-17+,22-19-,26-23+,29-27-,32-31-,35-34-,60-57-. The Morgan fingerprint density at radius 2 is 0.861 bits per heavy atom. The monoisotopic (exact) mass is 1120 g/mol. The number of hydrogen-bond acceptors (Lipinski definition) is 7. The Kier molecular flexibility index (Phi) is 55.9. The number of phosphoric acid groups is 1. The third-order valence-corrected chi connectivity index (χ3v) is 15.0. The molecule has 0 aromatic rings. The Morgan fingerprint density at radius 1 is 0.468 bits per heavy atom. The molecule has 0 radical (unpaired) electrons. The van der Waals surface area contributed by atoms with Gasteiger partial charge in [-0.05, 0) is 96.0 Å². The van der Waals surface area contributed by atoms with Crippen LogP contribution in [0.4, 0.5) is 0 Å². The van der Waals surface area contributed by atoms with E-state index in [0.29, 0.717) is 17.4 Å². The van der Waals surface area contributed by atoms with Crippen LogP contribution in [-0.2, 0) is 27.9 Å². The van der Waals surface area contributed by atoms with Gasteiger partial charge in [-0.3, -0.25) is 14.2 Å². The molecule has 0 aromatic carbocycles. The minimum atomic E-state index is -4.71. The van der Waals surface area contributed by atoms with Crippen molar-refractivity contribution in [2.24, 2.45) is 0 Å². The van der Waals surface area contributed by atoms with Crippen LogP contribution < -0.4 is 10.2 Å². The Labute approximate surface area is 488 Å². The lowest BCUT2D eigenvalue weighted by molar-refractivity contribution is -0.870. The van der Waals surface area contributed by atoms with Gasteiger partial charge in [0.2, 0.25) is 5.91 Å². The van der Waals surface area contributed by atoms with Gasteiger partial charge in [-0.25, -0.2) is 0 Å². The lowest BCUT2D eigenvalue weighted by Gasteiger charge is -2.30. The van der Waals surface area contributed by atoms with Crippen LogP contribution in [0.2, 0.25) is 0 Å². The average Bonchev–Trinajstić information content (AvgIpc) is 3.41. The van der Waals surface area contributed by atoms with E-state index in [4.69, 9.17) is 13.8 Å². The second-order valence-corrected chi connectivity index (χ2v) is 24.4. The molecule has 10 heteroatoms. The number of allylic oxidation sites excluding steroid dienone is 15. The molecule has 1 amide bonds. The zero-order valence-corrected chi connectivity index (χ0v) is 52.9. The van der Waals surface area contributed by atoms with Crippen molar-refractivity contribution in [2.75, 3.05) is 40.9 Å². The topological polar surface area (TPSA) is 114 Å². The van der Waals surface area contributed by atoms with Crippen molar-refractivity contribution in [3.63, 3.8) is 0 Å². The third kappa shape index (κ3) is 59.4. The molecule has 3 atom stereocenters. The van der Waals surface area contributed by atoms with Crippen LogP contribution in [0.25, 0.3) is 0 Å². The number of phosphoric ester groups is 1. The number of carbonyl (C=O) groups is 2. The summed E-state index contributed by atoms with van der Waals surface area (Å²) in [6, 6.07) is -0.900. The van der Waals surface area contributed by atoms with Gasteiger partial charge >= 0.3 is 5.97 Å². The molecule has 0 aromatic heterocycles. The number of ether oxygens (including phenoxy) is 1. The largest absolute Gasteiger partial charge is 0.756 e. The number of esters is 1. The number of quaternary nitrogens is 1. The number of amides is 1. The summed E-state index contributed by atoms with van der Waals surface area (Å²) in [6.07, 6.45) is 78.1. The van der Waals surface area contributed by atoms with E-state index in [1.54, 1.807) is 0 Å². The summed E-state index contributed by atoms with van der Waals surface area (Å²) >= 11 is 0. The number of likely N-dealkylation sites (N-methyl/N-ethyl adjacent to an activating group) is 1. The van der Waals surface area contributed by atoms with E-state index in [0.717, 1.165) is 103 Å². The SMILES string of the molecule is CC/C=C/C=C/C=C/CCCCCCCCCC(=O)NC(COP(=O)([O-])OCC[N+](C)(C)C)C(/C=C\CCCCCCCCCCC)OC(=O)CCCCCCCCCCCCC/C=C\C/C=C\C/C=C\C/C=C\CCCCC. The van der Waals surface area contributed by atoms with Crippen molar-refractivity contribution >= 4 is 19.7 Å². The van der Waals surface area contributed by atoms with Crippen LogP contribution in [0.3, 0.4) is 0 Å². The second-order valence-electron chi connectivity index (χ2n) is 22.9. The molecule has 9 nitrogen and oxygen atoms in total.